The van der Waals surface area contributed by atoms with Crippen LogP contribution in [0.1, 0.15) is 23.5 Å². The van der Waals surface area contributed by atoms with E-state index in [0.717, 1.165) is 11.1 Å². The first-order valence-corrected chi connectivity index (χ1v) is 6.49. The fourth-order valence-corrected chi connectivity index (χ4v) is 2.55. The van der Waals surface area contributed by atoms with E-state index in [1.165, 1.54) is 19.2 Å². The molecule has 21 heavy (non-hydrogen) atoms. The SMILES string of the molecule is COc1cc(C2CC(=O)Oc3cc(O)ccc32)ccc1O. The number of rotatable bonds is 2. The maximum Gasteiger partial charge on any atom is 0.312 e. The number of fused-ring (bicyclic) bond motifs is 1. The van der Waals surface area contributed by atoms with E-state index in [4.69, 9.17) is 9.47 Å². The second-order valence-electron chi connectivity index (χ2n) is 4.88. The predicted molar refractivity (Wildman–Crippen MR) is 74.9 cm³/mol. The second kappa shape index (κ2) is 5.01. The first-order valence-electron chi connectivity index (χ1n) is 6.49. The van der Waals surface area contributed by atoms with Crippen molar-refractivity contribution in [2.45, 2.75) is 12.3 Å². The van der Waals surface area contributed by atoms with Crippen LogP contribution in [0.4, 0.5) is 0 Å². The maximum absolute atomic E-state index is 11.8. The summed E-state index contributed by atoms with van der Waals surface area (Å²) in [6.45, 7) is 0. The molecule has 0 aliphatic carbocycles. The summed E-state index contributed by atoms with van der Waals surface area (Å²) in [5.41, 5.74) is 1.66. The lowest BCUT2D eigenvalue weighted by Gasteiger charge is -2.25. The average Bonchev–Trinajstić information content (AvgIpc) is 2.46. The van der Waals surface area contributed by atoms with Crippen molar-refractivity contribution in [3.05, 3.63) is 47.5 Å². The highest BCUT2D eigenvalue weighted by molar-refractivity contribution is 5.78. The van der Waals surface area contributed by atoms with E-state index in [2.05, 4.69) is 0 Å². The Morgan fingerprint density at radius 3 is 2.76 bits per heavy atom. The van der Waals surface area contributed by atoms with E-state index in [1.54, 1.807) is 24.3 Å². The number of esters is 1. The number of aromatic hydroxyl groups is 2. The van der Waals surface area contributed by atoms with E-state index in [-0.39, 0.29) is 29.8 Å². The highest BCUT2D eigenvalue weighted by Crippen LogP contribution is 2.42. The summed E-state index contributed by atoms with van der Waals surface area (Å²) in [4.78, 5) is 11.8. The molecule has 0 fully saturated rings. The predicted octanol–water partition coefficient (Wildman–Crippen LogP) is 2.55. The van der Waals surface area contributed by atoms with Crippen LogP contribution in [-0.2, 0) is 4.79 Å². The van der Waals surface area contributed by atoms with Gasteiger partial charge in [-0.3, -0.25) is 4.79 Å². The topological polar surface area (TPSA) is 76.0 Å². The summed E-state index contributed by atoms with van der Waals surface area (Å²) in [5.74, 6) is 0.257. The number of carbonyl (C=O) groups excluding carboxylic acids is 1. The zero-order chi connectivity index (χ0) is 15.0. The van der Waals surface area contributed by atoms with Crippen LogP contribution in [0, 0.1) is 0 Å². The molecule has 0 aromatic heterocycles. The molecule has 0 saturated carbocycles. The largest absolute Gasteiger partial charge is 0.508 e. The Bertz CT molecular complexity index is 708. The van der Waals surface area contributed by atoms with Gasteiger partial charge in [-0.1, -0.05) is 12.1 Å². The summed E-state index contributed by atoms with van der Waals surface area (Å²) in [6, 6.07) is 9.71. The van der Waals surface area contributed by atoms with Gasteiger partial charge in [0.1, 0.15) is 11.5 Å². The summed E-state index contributed by atoms with van der Waals surface area (Å²) in [5, 5.41) is 19.2. The molecule has 1 aliphatic heterocycles. The Labute approximate surface area is 121 Å². The van der Waals surface area contributed by atoms with Crippen LogP contribution in [0.3, 0.4) is 0 Å². The van der Waals surface area contributed by atoms with Crippen molar-refractivity contribution in [3.8, 4) is 23.0 Å². The molecular weight excluding hydrogens is 272 g/mol. The molecule has 0 saturated heterocycles. The lowest BCUT2D eigenvalue weighted by molar-refractivity contribution is -0.135. The van der Waals surface area contributed by atoms with Gasteiger partial charge in [0, 0.05) is 17.5 Å². The molecule has 1 aliphatic rings. The molecule has 2 aromatic rings. The highest BCUT2D eigenvalue weighted by Gasteiger charge is 2.29. The molecule has 108 valence electrons. The number of benzene rings is 2. The van der Waals surface area contributed by atoms with Crippen LogP contribution >= 0.6 is 0 Å². The molecule has 3 rings (SSSR count). The molecule has 1 atom stereocenters. The van der Waals surface area contributed by atoms with E-state index in [0.29, 0.717) is 11.5 Å². The fourth-order valence-electron chi connectivity index (χ4n) is 2.55. The number of ether oxygens (including phenoxy) is 2. The van der Waals surface area contributed by atoms with Gasteiger partial charge in [-0.15, -0.1) is 0 Å². The van der Waals surface area contributed by atoms with Crippen molar-refractivity contribution in [2.75, 3.05) is 7.11 Å². The third-order valence-corrected chi connectivity index (χ3v) is 3.57. The van der Waals surface area contributed by atoms with Gasteiger partial charge >= 0.3 is 5.97 Å². The molecule has 1 unspecified atom stereocenters. The molecule has 0 amide bonds. The van der Waals surface area contributed by atoms with Gasteiger partial charge in [0.25, 0.3) is 0 Å². The highest BCUT2D eigenvalue weighted by atomic mass is 16.5. The molecule has 0 spiro atoms. The van der Waals surface area contributed by atoms with Crippen LogP contribution in [0.2, 0.25) is 0 Å². The fraction of sp³-hybridized carbons (Fsp3) is 0.188. The standard InChI is InChI=1S/C16H14O5/c1-20-15-6-9(2-5-13(15)18)12-8-16(19)21-14-7-10(17)3-4-11(12)14/h2-7,12,17-18H,8H2,1H3. The van der Waals surface area contributed by atoms with Crippen LogP contribution < -0.4 is 9.47 Å². The monoisotopic (exact) mass is 286 g/mol. The van der Waals surface area contributed by atoms with Crippen molar-refractivity contribution >= 4 is 5.97 Å². The minimum Gasteiger partial charge on any atom is -0.508 e. The van der Waals surface area contributed by atoms with E-state index >= 15 is 0 Å². The number of methoxy groups -OCH3 is 1. The number of hydrogen-bond donors (Lipinski definition) is 2. The lowest BCUT2D eigenvalue weighted by atomic mass is 9.86. The number of carbonyl (C=O) groups is 1. The first kappa shape index (κ1) is 13.3. The minimum absolute atomic E-state index is 0.0467. The smallest absolute Gasteiger partial charge is 0.312 e. The number of hydrogen-bond acceptors (Lipinski definition) is 5. The Balaban J connectivity index is 2.09. The summed E-state index contributed by atoms with van der Waals surface area (Å²) in [7, 11) is 1.47. The zero-order valence-corrected chi connectivity index (χ0v) is 11.4. The van der Waals surface area contributed by atoms with Crippen LogP contribution in [0.5, 0.6) is 23.0 Å². The van der Waals surface area contributed by atoms with Gasteiger partial charge in [0.2, 0.25) is 0 Å². The summed E-state index contributed by atoms with van der Waals surface area (Å²) >= 11 is 0. The van der Waals surface area contributed by atoms with Gasteiger partial charge in [-0.25, -0.2) is 0 Å². The van der Waals surface area contributed by atoms with Crippen molar-refractivity contribution < 1.29 is 24.5 Å². The van der Waals surface area contributed by atoms with Gasteiger partial charge in [-0.05, 0) is 23.8 Å². The molecule has 5 heteroatoms. The van der Waals surface area contributed by atoms with E-state index in [1.807, 2.05) is 0 Å². The third kappa shape index (κ3) is 2.38. The number of phenols is 2. The lowest BCUT2D eigenvalue weighted by Crippen LogP contribution is -2.20. The van der Waals surface area contributed by atoms with Gasteiger partial charge in [0.05, 0.1) is 13.5 Å². The van der Waals surface area contributed by atoms with Crippen LogP contribution in [0.25, 0.3) is 0 Å². The molecule has 5 nitrogen and oxygen atoms in total. The first-order chi connectivity index (χ1) is 10.1. The van der Waals surface area contributed by atoms with E-state index < -0.39 is 0 Å². The minimum atomic E-state index is -0.356. The van der Waals surface area contributed by atoms with E-state index in [9.17, 15) is 15.0 Å². The Kier molecular flexibility index (Phi) is 3.17. The zero-order valence-electron chi connectivity index (χ0n) is 11.4. The van der Waals surface area contributed by atoms with Crippen molar-refractivity contribution in [3.63, 3.8) is 0 Å². The third-order valence-electron chi connectivity index (χ3n) is 3.57. The van der Waals surface area contributed by atoms with Gasteiger partial charge in [0.15, 0.2) is 11.5 Å². The Morgan fingerprint density at radius 1 is 1.19 bits per heavy atom. The molecule has 1 heterocycles. The number of phenolic OH excluding ortho intramolecular Hbond substituents is 2. The molecule has 0 bridgehead atoms. The molecule has 2 aromatic carbocycles. The normalized spacial score (nSPS) is 17.0. The average molecular weight is 286 g/mol. The molecule has 2 N–H and O–H groups in total. The Morgan fingerprint density at radius 2 is 2.00 bits per heavy atom. The van der Waals surface area contributed by atoms with Crippen molar-refractivity contribution in [1.82, 2.24) is 0 Å². The van der Waals surface area contributed by atoms with Crippen molar-refractivity contribution in [2.24, 2.45) is 0 Å². The van der Waals surface area contributed by atoms with Crippen molar-refractivity contribution in [1.29, 1.82) is 0 Å². The molecule has 0 radical (unpaired) electrons. The Hall–Kier alpha value is -2.69. The maximum atomic E-state index is 11.8. The van der Waals surface area contributed by atoms with Crippen LogP contribution in [0.15, 0.2) is 36.4 Å². The van der Waals surface area contributed by atoms with Gasteiger partial charge in [-0.2, -0.15) is 0 Å². The van der Waals surface area contributed by atoms with Crippen LogP contribution in [-0.4, -0.2) is 23.3 Å². The molecular formula is C16H14O5. The summed E-state index contributed by atoms with van der Waals surface area (Å²) < 4.78 is 10.3. The quantitative estimate of drug-likeness (QED) is 0.655. The van der Waals surface area contributed by atoms with Gasteiger partial charge < -0.3 is 19.7 Å². The summed E-state index contributed by atoms with van der Waals surface area (Å²) in [6.07, 6.45) is 0.200. The second-order valence-corrected chi connectivity index (χ2v) is 4.88.